The van der Waals surface area contributed by atoms with Crippen LogP contribution < -0.4 is 15.0 Å². The van der Waals surface area contributed by atoms with Crippen LogP contribution in [0.3, 0.4) is 0 Å². The third-order valence-electron chi connectivity index (χ3n) is 5.91. The molecule has 0 aliphatic carbocycles. The number of guanidine groups is 1. The smallest absolute Gasteiger partial charge is 0.243 e. The summed E-state index contributed by atoms with van der Waals surface area (Å²) < 4.78 is 11.0. The molecule has 1 N–H and O–H groups in total. The third kappa shape index (κ3) is 8.49. The molecule has 1 aromatic rings. The van der Waals surface area contributed by atoms with Crippen LogP contribution in [0.5, 0.6) is 5.75 Å². The van der Waals surface area contributed by atoms with E-state index < -0.39 is 0 Å². The number of anilines is 1. The number of hydrogen-bond acceptors (Lipinski definition) is 6. The fourth-order valence-electron chi connectivity index (χ4n) is 3.93. The highest BCUT2D eigenvalue weighted by Gasteiger charge is 2.22. The lowest BCUT2D eigenvalue weighted by molar-refractivity contribution is -0.127. The molecule has 2 fully saturated rings. The minimum Gasteiger partial charge on any atom is -0.495 e. The second-order valence-corrected chi connectivity index (χ2v) is 8.31. The lowest BCUT2D eigenvalue weighted by Crippen LogP contribution is -2.53. The molecule has 0 atom stereocenters. The number of carbonyl (C=O) groups is 1. The molecular weight excluding hydrogens is 535 g/mol. The van der Waals surface area contributed by atoms with E-state index >= 15 is 0 Å². The van der Waals surface area contributed by atoms with Crippen LogP contribution in [0.1, 0.15) is 6.42 Å². The molecule has 3 rings (SSSR count). The number of aliphatic imine (C=N–C) groups is 1. The van der Waals surface area contributed by atoms with Gasteiger partial charge in [-0.1, -0.05) is 12.1 Å². The van der Waals surface area contributed by atoms with E-state index in [0.717, 1.165) is 89.4 Å². The first-order chi connectivity index (χ1) is 15.6. The first-order valence-corrected chi connectivity index (χ1v) is 11.5. The topological polar surface area (TPSA) is 72.9 Å². The minimum absolute atomic E-state index is 0. The average molecular weight is 575 g/mol. The van der Waals surface area contributed by atoms with Gasteiger partial charge in [-0.3, -0.25) is 9.69 Å². The van der Waals surface area contributed by atoms with Crippen molar-refractivity contribution < 1.29 is 14.3 Å². The third-order valence-corrected chi connectivity index (χ3v) is 5.91. The van der Waals surface area contributed by atoms with Crippen molar-refractivity contribution in [2.45, 2.75) is 6.42 Å². The van der Waals surface area contributed by atoms with Crippen LogP contribution in [0.25, 0.3) is 0 Å². The van der Waals surface area contributed by atoms with Crippen LogP contribution in [-0.2, 0) is 9.53 Å². The number of ether oxygens (including phenoxy) is 2. The van der Waals surface area contributed by atoms with Crippen LogP contribution in [0, 0.1) is 0 Å². The summed E-state index contributed by atoms with van der Waals surface area (Å²) >= 11 is 0. The monoisotopic (exact) mass is 574 g/mol. The Balaban J connectivity index is 0.00000385. The van der Waals surface area contributed by atoms with Gasteiger partial charge in [0.1, 0.15) is 12.3 Å². The molecule has 1 amide bonds. The minimum atomic E-state index is 0. The summed E-state index contributed by atoms with van der Waals surface area (Å²) in [6, 6.07) is 8.13. The highest BCUT2D eigenvalue weighted by molar-refractivity contribution is 14.0. The number of nitrogens with one attached hydrogen (secondary N) is 1. The SMILES string of the molecule is COc1ccccc1N1CCN(C(=NCC(=O)N(C)C)NCCCN2CCOCC2)CC1.I. The van der Waals surface area contributed by atoms with Gasteiger partial charge in [0.05, 0.1) is 26.0 Å². The van der Waals surface area contributed by atoms with Crippen molar-refractivity contribution in [1.29, 1.82) is 0 Å². The van der Waals surface area contributed by atoms with Crippen molar-refractivity contribution in [2.24, 2.45) is 4.99 Å². The van der Waals surface area contributed by atoms with Crippen LogP contribution in [0.15, 0.2) is 29.3 Å². The van der Waals surface area contributed by atoms with Gasteiger partial charge in [-0.25, -0.2) is 4.99 Å². The number of rotatable bonds is 8. The first kappa shape index (κ1) is 27.5. The van der Waals surface area contributed by atoms with Gasteiger partial charge in [-0.15, -0.1) is 24.0 Å². The second kappa shape index (κ2) is 14.5. The van der Waals surface area contributed by atoms with E-state index in [1.165, 1.54) is 0 Å². The standard InChI is InChI=1S/C23H38N6O3.HI/c1-26(2)22(30)19-25-23(24-9-6-10-27-15-17-32-18-16-27)29-13-11-28(12-14-29)20-7-4-5-8-21(20)31-3;/h4-5,7-8H,6,9-19H2,1-3H3,(H,24,25);1H. The molecule has 33 heavy (non-hydrogen) atoms. The number of hydrogen-bond donors (Lipinski definition) is 1. The Labute approximate surface area is 215 Å². The predicted molar refractivity (Wildman–Crippen MR) is 143 cm³/mol. The van der Waals surface area contributed by atoms with Gasteiger partial charge in [-0.2, -0.15) is 0 Å². The predicted octanol–water partition coefficient (Wildman–Crippen LogP) is 1.19. The molecule has 2 heterocycles. The zero-order valence-electron chi connectivity index (χ0n) is 20.2. The van der Waals surface area contributed by atoms with E-state index in [1.54, 1.807) is 26.1 Å². The van der Waals surface area contributed by atoms with E-state index in [2.05, 4.69) is 31.1 Å². The van der Waals surface area contributed by atoms with Crippen LogP contribution in [-0.4, -0.2) is 120 Å². The highest BCUT2D eigenvalue weighted by atomic mass is 127. The molecule has 0 saturated carbocycles. The van der Waals surface area contributed by atoms with Gasteiger partial charge >= 0.3 is 0 Å². The van der Waals surface area contributed by atoms with Gasteiger partial charge in [0.2, 0.25) is 5.91 Å². The summed E-state index contributed by atoms with van der Waals surface area (Å²) in [5.74, 6) is 1.72. The summed E-state index contributed by atoms with van der Waals surface area (Å²) in [5.41, 5.74) is 1.12. The Morgan fingerprint density at radius 2 is 1.82 bits per heavy atom. The van der Waals surface area contributed by atoms with Crippen molar-refractivity contribution in [1.82, 2.24) is 20.0 Å². The average Bonchev–Trinajstić information content (AvgIpc) is 2.84. The number of morpholine rings is 1. The Bertz CT molecular complexity index is 749. The van der Waals surface area contributed by atoms with E-state index in [4.69, 9.17) is 9.47 Å². The number of carbonyl (C=O) groups excluding carboxylic acids is 1. The summed E-state index contributed by atoms with van der Waals surface area (Å²) in [6.45, 7) is 9.10. The summed E-state index contributed by atoms with van der Waals surface area (Å²) in [4.78, 5) is 25.4. The van der Waals surface area contributed by atoms with Gasteiger partial charge in [0.25, 0.3) is 0 Å². The van der Waals surface area contributed by atoms with Gasteiger partial charge in [0.15, 0.2) is 5.96 Å². The van der Waals surface area contributed by atoms with Crippen molar-refractivity contribution in [3.63, 3.8) is 0 Å². The number of benzene rings is 1. The normalized spacial score (nSPS) is 17.4. The molecule has 2 aliphatic heterocycles. The van der Waals surface area contributed by atoms with Crippen molar-refractivity contribution in [3.05, 3.63) is 24.3 Å². The molecule has 2 aliphatic rings. The van der Waals surface area contributed by atoms with Crippen molar-refractivity contribution in [2.75, 3.05) is 98.2 Å². The van der Waals surface area contributed by atoms with Gasteiger partial charge in [0, 0.05) is 59.9 Å². The molecule has 0 radical (unpaired) electrons. The maximum Gasteiger partial charge on any atom is 0.243 e. The van der Waals surface area contributed by atoms with Crippen LogP contribution in [0.2, 0.25) is 0 Å². The summed E-state index contributed by atoms with van der Waals surface area (Å²) in [6.07, 6.45) is 1.03. The largest absolute Gasteiger partial charge is 0.495 e. The van der Waals surface area contributed by atoms with Crippen molar-refractivity contribution >= 4 is 41.5 Å². The molecule has 1 aromatic carbocycles. The first-order valence-electron chi connectivity index (χ1n) is 11.5. The van der Waals surface area contributed by atoms with E-state index in [1.807, 2.05) is 18.2 Å². The maximum absolute atomic E-state index is 12.1. The van der Waals surface area contributed by atoms with E-state index in [9.17, 15) is 4.79 Å². The molecule has 0 spiro atoms. The molecule has 0 bridgehead atoms. The van der Waals surface area contributed by atoms with Crippen molar-refractivity contribution in [3.8, 4) is 5.75 Å². The summed E-state index contributed by atoms with van der Waals surface area (Å²) in [7, 11) is 5.24. The number of methoxy groups -OCH3 is 1. The zero-order valence-corrected chi connectivity index (χ0v) is 22.5. The second-order valence-electron chi connectivity index (χ2n) is 8.31. The molecule has 10 heteroatoms. The van der Waals surface area contributed by atoms with Gasteiger partial charge in [-0.05, 0) is 25.1 Å². The Morgan fingerprint density at radius 3 is 2.48 bits per heavy atom. The lowest BCUT2D eigenvalue weighted by atomic mass is 10.2. The van der Waals surface area contributed by atoms with E-state index in [-0.39, 0.29) is 36.4 Å². The molecule has 0 unspecified atom stereocenters. The Morgan fingerprint density at radius 1 is 1.12 bits per heavy atom. The van der Waals surface area contributed by atoms with Gasteiger partial charge < -0.3 is 29.5 Å². The lowest BCUT2D eigenvalue weighted by Gasteiger charge is -2.38. The van der Waals surface area contributed by atoms with E-state index in [0.29, 0.717) is 0 Å². The molecule has 186 valence electrons. The Hall–Kier alpha value is -1.79. The highest BCUT2D eigenvalue weighted by Crippen LogP contribution is 2.28. The summed E-state index contributed by atoms with van der Waals surface area (Å²) in [5, 5.41) is 3.50. The number of halogens is 1. The quantitative estimate of drug-likeness (QED) is 0.217. The molecule has 2 saturated heterocycles. The molecule has 0 aromatic heterocycles. The number of likely N-dealkylation sites (N-methyl/N-ethyl adjacent to an activating group) is 1. The Kier molecular flexibility index (Phi) is 12.0. The fourth-order valence-corrected chi connectivity index (χ4v) is 3.93. The molecular formula is C23H39IN6O3. The number of para-hydroxylation sites is 2. The fraction of sp³-hybridized carbons (Fsp3) is 0.652. The number of amides is 1. The molecule has 9 nitrogen and oxygen atoms in total. The maximum atomic E-state index is 12.1. The number of piperazine rings is 1. The van der Waals surface area contributed by atoms with Crippen LogP contribution in [0.4, 0.5) is 5.69 Å². The number of nitrogens with zero attached hydrogens (tertiary/aromatic N) is 5. The zero-order chi connectivity index (χ0) is 22.8. The van der Waals surface area contributed by atoms with Crippen LogP contribution >= 0.6 is 24.0 Å².